The number of anilines is 1. The summed E-state index contributed by atoms with van der Waals surface area (Å²) < 4.78 is 46.4. The summed E-state index contributed by atoms with van der Waals surface area (Å²) in [6, 6.07) is 14.3. The minimum Gasteiger partial charge on any atom is -0.455 e. The van der Waals surface area contributed by atoms with E-state index in [1.807, 2.05) is 36.9 Å². The molecule has 3 aromatic rings. The lowest BCUT2D eigenvalue weighted by Crippen LogP contribution is -2.46. The van der Waals surface area contributed by atoms with Crippen LogP contribution in [0.1, 0.15) is 41.4 Å². The van der Waals surface area contributed by atoms with E-state index in [-0.39, 0.29) is 28.4 Å². The molecule has 0 radical (unpaired) electrons. The zero-order valence-electron chi connectivity index (χ0n) is 20.8. The van der Waals surface area contributed by atoms with Gasteiger partial charge in [-0.25, -0.2) is 9.97 Å². The van der Waals surface area contributed by atoms with Gasteiger partial charge in [-0.05, 0) is 23.6 Å². The van der Waals surface area contributed by atoms with Crippen molar-refractivity contribution < 1.29 is 22.4 Å². The third-order valence-electron chi connectivity index (χ3n) is 5.83. The Labute approximate surface area is 218 Å². The van der Waals surface area contributed by atoms with Gasteiger partial charge >= 0.3 is 6.18 Å². The van der Waals surface area contributed by atoms with Gasteiger partial charge in [0, 0.05) is 45.3 Å². The van der Waals surface area contributed by atoms with Crippen LogP contribution in [0.5, 0.6) is 0 Å². The summed E-state index contributed by atoms with van der Waals surface area (Å²) in [7, 11) is 0. The molecule has 37 heavy (non-hydrogen) atoms. The molecule has 1 aliphatic rings. The van der Waals surface area contributed by atoms with Gasteiger partial charge in [0.05, 0.1) is 5.75 Å². The lowest BCUT2D eigenvalue weighted by atomic mass is 10.2. The van der Waals surface area contributed by atoms with Gasteiger partial charge in [-0.1, -0.05) is 55.9 Å². The van der Waals surface area contributed by atoms with Gasteiger partial charge in [-0.15, -0.1) is 0 Å². The van der Waals surface area contributed by atoms with Crippen LogP contribution in [0.25, 0.3) is 0 Å². The summed E-state index contributed by atoms with van der Waals surface area (Å²) in [5, 5.41) is 2.78. The number of amides is 1. The Morgan fingerprint density at radius 2 is 1.81 bits per heavy atom. The quantitative estimate of drug-likeness (QED) is 0.303. The van der Waals surface area contributed by atoms with E-state index in [9.17, 15) is 18.0 Å². The average molecular weight is 534 g/mol. The molecule has 0 unspecified atom stereocenters. The predicted molar refractivity (Wildman–Crippen MR) is 136 cm³/mol. The number of carbonyl (C=O) groups is 1. The van der Waals surface area contributed by atoms with Gasteiger partial charge in [0.1, 0.15) is 11.6 Å². The molecule has 1 fully saturated rings. The first-order valence-electron chi connectivity index (χ1n) is 12.1. The van der Waals surface area contributed by atoms with Crippen molar-refractivity contribution in [1.82, 2.24) is 20.2 Å². The molecule has 1 amide bonds. The summed E-state index contributed by atoms with van der Waals surface area (Å²) in [6.07, 6.45) is -4.59. The van der Waals surface area contributed by atoms with Crippen LogP contribution in [0.4, 0.5) is 19.0 Å². The number of nitrogens with zero attached hydrogens (tertiary/aromatic N) is 4. The highest BCUT2D eigenvalue weighted by Gasteiger charge is 2.34. The smallest absolute Gasteiger partial charge is 0.433 e. The van der Waals surface area contributed by atoms with Crippen LogP contribution in [0.2, 0.25) is 0 Å². The first-order chi connectivity index (χ1) is 17.7. The summed E-state index contributed by atoms with van der Waals surface area (Å²) in [5.41, 5.74) is 0.231. The lowest BCUT2D eigenvalue weighted by Gasteiger charge is -2.35. The van der Waals surface area contributed by atoms with Gasteiger partial charge in [0.15, 0.2) is 16.6 Å². The molecule has 0 bridgehead atoms. The van der Waals surface area contributed by atoms with E-state index in [2.05, 4.69) is 32.3 Å². The molecular formula is C26H30F3N5O2S. The molecule has 4 rings (SSSR count). The summed E-state index contributed by atoms with van der Waals surface area (Å²) in [4.78, 5) is 24.5. The molecule has 11 heteroatoms. The van der Waals surface area contributed by atoms with E-state index >= 15 is 0 Å². The number of piperazine rings is 1. The Bertz CT molecular complexity index is 1180. The van der Waals surface area contributed by atoms with E-state index in [1.54, 1.807) is 12.1 Å². The Hall–Kier alpha value is -3.05. The van der Waals surface area contributed by atoms with E-state index in [0.717, 1.165) is 37.5 Å². The number of rotatable bonds is 9. The number of benzene rings is 1. The third-order valence-corrected chi connectivity index (χ3v) is 6.70. The topological polar surface area (TPSA) is 74.5 Å². The second kappa shape index (κ2) is 12.0. The minimum atomic E-state index is -4.59. The van der Waals surface area contributed by atoms with Gasteiger partial charge in [-0.2, -0.15) is 13.2 Å². The maximum absolute atomic E-state index is 13.6. The van der Waals surface area contributed by atoms with E-state index in [4.69, 9.17) is 4.42 Å². The van der Waals surface area contributed by atoms with Crippen LogP contribution in [0, 0.1) is 5.92 Å². The van der Waals surface area contributed by atoms with Gasteiger partial charge in [0.2, 0.25) is 0 Å². The number of alkyl halides is 3. The Kier molecular flexibility index (Phi) is 8.75. The number of halogens is 3. The predicted octanol–water partition coefficient (Wildman–Crippen LogP) is 5.09. The number of hydrogen-bond donors (Lipinski definition) is 1. The zero-order chi connectivity index (χ0) is 26.4. The molecule has 1 aliphatic heterocycles. The fourth-order valence-corrected chi connectivity index (χ4v) is 4.61. The molecule has 0 spiro atoms. The van der Waals surface area contributed by atoms with Crippen molar-refractivity contribution in [2.45, 2.75) is 37.5 Å². The van der Waals surface area contributed by atoms with Crippen LogP contribution in [-0.4, -0.2) is 53.5 Å². The highest BCUT2D eigenvalue weighted by molar-refractivity contribution is 7.98. The van der Waals surface area contributed by atoms with Crippen LogP contribution in [0.3, 0.4) is 0 Å². The molecule has 1 aromatic carbocycles. The fourth-order valence-electron chi connectivity index (χ4n) is 3.86. The van der Waals surface area contributed by atoms with Crippen molar-refractivity contribution in [3.8, 4) is 0 Å². The van der Waals surface area contributed by atoms with Crippen molar-refractivity contribution in [1.29, 1.82) is 0 Å². The number of furan rings is 1. The number of thioether (sulfide) groups is 1. The van der Waals surface area contributed by atoms with E-state index < -0.39 is 11.9 Å². The minimum absolute atomic E-state index is 0.0127. The van der Waals surface area contributed by atoms with Gasteiger partial charge < -0.3 is 14.6 Å². The van der Waals surface area contributed by atoms with Gasteiger partial charge in [-0.3, -0.25) is 9.69 Å². The van der Waals surface area contributed by atoms with Crippen molar-refractivity contribution in [2.75, 3.05) is 37.6 Å². The molecule has 0 atom stereocenters. The first kappa shape index (κ1) is 27.0. The number of carbonyl (C=O) groups excluding carboxylic acids is 1. The monoisotopic (exact) mass is 533 g/mol. The average Bonchev–Trinajstić information content (AvgIpc) is 3.36. The van der Waals surface area contributed by atoms with E-state index in [0.29, 0.717) is 31.3 Å². The van der Waals surface area contributed by atoms with Crippen molar-refractivity contribution >= 4 is 23.5 Å². The molecule has 2 aromatic heterocycles. The zero-order valence-corrected chi connectivity index (χ0v) is 21.6. The standard InChI is InChI=1S/C26H30F3N5O2S/c1-18(2)15-30-24(35)21-9-8-20(36-21)17-37-25-31-22(26(27,28)29)14-23(32-25)34-12-10-33(11-13-34)16-19-6-4-3-5-7-19/h3-9,14,18H,10-13,15-17H2,1-2H3,(H,30,35). The highest BCUT2D eigenvalue weighted by Crippen LogP contribution is 2.32. The molecule has 1 saturated heterocycles. The molecule has 0 saturated carbocycles. The third kappa shape index (κ3) is 7.72. The summed E-state index contributed by atoms with van der Waals surface area (Å²) in [6.45, 7) is 7.86. The second-order valence-electron chi connectivity index (χ2n) is 9.30. The van der Waals surface area contributed by atoms with Crippen molar-refractivity contribution in [3.05, 3.63) is 71.3 Å². The van der Waals surface area contributed by atoms with Crippen molar-refractivity contribution in [2.24, 2.45) is 5.92 Å². The summed E-state index contributed by atoms with van der Waals surface area (Å²) in [5.74, 6) is 1.05. The Balaban J connectivity index is 1.40. The number of nitrogens with one attached hydrogen (secondary N) is 1. The SMILES string of the molecule is CC(C)CNC(=O)c1ccc(CSc2nc(N3CCN(Cc4ccccc4)CC3)cc(C(F)(F)F)n2)o1. The molecule has 0 aliphatic carbocycles. The van der Waals surface area contributed by atoms with Crippen LogP contribution in [0.15, 0.2) is 58.1 Å². The molecular weight excluding hydrogens is 503 g/mol. The largest absolute Gasteiger partial charge is 0.455 e. The van der Waals surface area contributed by atoms with E-state index in [1.165, 1.54) is 5.56 Å². The molecule has 198 valence electrons. The fraction of sp³-hybridized carbons (Fsp3) is 0.423. The maximum atomic E-state index is 13.6. The Morgan fingerprint density at radius 1 is 1.08 bits per heavy atom. The second-order valence-corrected chi connectivity index (χ2v) is 10.2. The number of hydrogen-bond acceptors (Lipinski definition) is 7. The van der Waals surface area contributed by atoms with Crippen LogP contribution >= 0.6 is 11.8 Å². The van der Waals surface area contributed by atoms with Gasteiger partial charge in [0.25, 0.3) is 5.91 Å². The summed E-state index contributed by atoms with van der Waals surface area (Å²) >= 11 is 1.04. The molecule has 7 nitrogen and oxygen atoms in total. The Morgan fingerprint density at radius 3 is 2.49 bits per heavy atom. The first-order valence-corrected chi connectivity index (χ1v) is 13.1. The highest BCUT2D eigenvalue weighted by atomic mass is 32.2. The maximum Gasteiger partial charge on any atom is 0.433 e. The normalized spacial score (nSPS) is 14.8. The lowest BCUT2D eigenvalue weighted by molar-refractivity contribution is -0.141. The molecule has 1 N–H and O–H groups in total. The van der Waals surface area contributed by atoms with Crippen molar-refractivity contribution in [3.63, 3.8) is 0 Å². The van der Waals surface area contributed by atoms with Crippen LogP contribution in [-0.2, 0) is 18.5 Å². The molecule has 3 heterocycles. The number of aromatic nitrogens is 2. The van der Waals surface area contributed by atoms with Crippen LogP contribution < -0.4 is 10.2 Å².